The number of nitriles is 1. The van der Waals surface area contributed by atoms with Crippen molar-refractivity contribution in [3.05, 3.63) is 41.2 Å². The van der Waals surface area contributed by atoms with Gasteiger partial charge < -0.3 is 9.80 Å². The van der Waals surface area contributed by atoms with E-state index in [1.54, 1.807) is 17.0 Å². The minimum atomic E-state index is -0.342. The summed E-state index contributed by atoms with van der Waals surface area (Å²) in [6, 6.07) is 7.64. The van der Waals surface area contributed by atoms with Crippen molar-refractivity contribution in [2.75, 3.05) is 33.2 Å². The van der Waals surface area contributed by atoms with Crippen LogP contribution in [0.2, 0.25) is 0 Å². The molecule has 0 spiro atoms. The van der Waals surface area contributed by atoms with Crippen LogP contribution in [-0.4, -0.2) is 48.9 Å². The number of piperazine rings is 1. The second-order valence-corrected chi connectivity index (χ2v) is 4.82. The number of hydrogen-bond acceptors (Lipinski definition) is 3. The summed E-state index contributed by atoms with van der Waals surface area (Å²) in [4.78, 5) is 16.1. The molecule has 5 heteroatoms. The first kappa shape index (κ1) is 14.2. The van der Waals surface area contributed by atoms with Crippen molar-refractivity contribution < 1.29 is 9.18 Å². The summed E-state index contributed by atoms with van der Waals surface area (Å²) in [7, 11) is 2.00. The topological polar surface area (TPSA) is 47.3 Å². The number of rotatable bonds is 2. The molecule has 1 aromatic rings. The van der Waals surface area contributed by atoms with Gasteiger partial charge in [-0.2, -0.15) is 5.26 Å². The van der Waals surface area contributed by atoms with Crippen LogP contribution in [0.4, 0.5) is 4.39 Å². The lowest BCUT2D eigenvalue weighted by Gasteiger charge is -2.32. The van der Waals surface area contributed by atoms with Gasteiger partial charge in [0.25, 0.3) is 5.91 Å². The smallest absolute Gasteiger partial charge is 0.264 e. The molecule has 0 bridgehead atoms. The molecule has 1 fully saturated rings. The molecular formula is C15H16FN3O. The third kappa shape index (κ3) is 3.43. The van der Waals surface area contributed by atoms with Gasteiger partial charge in [-0.05, 0) is 30.8 Å². The Morgan fingerprint density at radius 1 is 1.25 bits per heavy atom. The van der Waals surface area contributed by atoms with Crippen LogP contribution >= 0.6 is 0 Å². The van der Waals surface area contributed by atoms with Crippen molar-refractivity contribution in [3.63, 3.8) is 0 Å². The molecule has 0 aromatic heterocycles. The number of amides is 1. The molecule has 0 saturated carbocycles. The molecule has 1 aliphatic rings. The highest BCUT2D eigenvalue weighted by Crippen LogP contribution is 2.11. The van der Waals surface area contributed by atoms with Gasteiger partial charge in [0.2, 0.25) is 0 Å². The molecule has 1 heterocycles. The summed E-state index contributed by atoms with van der Waals surface area (Å²) < 4.78 is 12.8. The zero-order chi connectivity index (χ0) is 14.5. The first-order valence-electron chi connectivity index (χ1n) is 6.45. The number of likely N-dealkylation sites (N-methyl/N-ethyl adjacent to an activating group) is 1. The van der Waals surface area contributed by atoms with E-state index >= 15 is 0 Å². The highest BCUT2D eigenvalue weighted by atomic mass is 19.1. The van der Waals surface area contributed by atoms with Gasteiger partial charge in [-0.3, -0.25) is 4.79 Å². The number of nitrogens with zero attached hydrogens (tertiary/aromatic N) is 3. The normalized spacial score (nSPS) is 16.9. The van der Waals surface area contributed by atoms with Crippen molar-refractivity contribution >= 4 is 12.0 Å². The maximum atomic E-state index is 12.8. The summed E-state index contributed by atoms with van der Waals surface area (Å²) in [5, 5.41) is 9.14. The van der Waals surface area contributed by atoms with Gasteiger partial charge in [0.05, 0.1) is 0 Å². The monoisotopic (exact) mass is 273 g/mol. The van der Waals surface area contributed by atoms with Crippen LogP contribution in [0.15, 0.2) is 29.8 Å². The van der Waals surface area contributed by atoms with Crippen LogP contribution < -0.4 is 0 Å². The van der Waals surface area contributed by atoms with Gasteiger partial charge in [-0.15, -0.1) is 0 Å². The van der Waals surface area contributed by atoms with Gasteiger partial charge >= 0.3 is 0 Å². The van der Waals surface area contributed by atoms with E-state index < -0.39 is 0 Å². The van der Waals surface area contributed by atoms with E-state index in [2.05, 4.69) is 4.90 Å². The quantitative estimate of drug-likeness (QED) is 0.606. The van der Waals surface area contributed by atoms with Crippen LogP contribution in [-0.2, 0) is 4.79 Å². The second-order valence-electron chi connectivity index (χ2n) is 4.82. The molecule has 104 valence electrons. The Hall–Kier alpha value is -2.19. The van der Waals surface area contributed by atoms with Crippen molar-refractivity contribution in [3.8, 4) is 6.07 Å². The maximum Gasteiger partial charge on any atom is 0.264 e. The molecule has 0 atom stereocenters. The van der Waals surface area contributed by atoms with Gasteiger partial charge in [0.15, 0.2) is 0 Å². The number of benzene rings is 1. The molecule has 0 N–H and O–H groups in total. The molecule has 20 heavy (non-hydrogen) atoms. The zero-order valence-corrected chi connectivity index (χ0v) is 11.3. The van der Waals surface area contributed by atoms with Gasteiger partial charge in [0.1, 0.15) is 17.5 Å². The van der Waals surface area contributed by atoms with E-state index in [9.17, 15) is 9.18 Å². The predicted molar refractivity (Wildman–Crippen MR) is 74.1 cm³/mol. The molecule has 4 nitrogen and oxygen atoms in total. The molecule has 1 saturated heterocycles. The molecule has 0 unspecified atom stereocenters. The van der Waals surface area contributed by atoms with Crippen molar-refractivity contribution in [2.24, 2.45) is 0 Å². The molecule has 0 radical (unpaired) electrons. The summed E-state index contributed by atoms with van der Waals surface area (Å²) in [5.74, 6) is -0.601. The molecule has 0 aliphatic carbocycles. The predicted octanol–water partition coefficient (Wildman–Crippen LogP) is 1.51. The maximum absolute atomic E-state index is 12.8. The fourth-order valence-electron chi connectivity index (χ4n) is 2.05. The Labute approximate surface area is 117 Å². The van der Waals surface area contributed by atoms with Crippen LogP contribution in [0.25, 0.3) is 6.08 Å². The lowest BCUT2D eigenvalue weighted by atomic mass is 10.1. The van der Waals surface area contributed by atoms with Crippen LogP contribution in [0.3, 0.4) is 0 Å². The Balaban J connectivity index is 2.13. The largest absolute Gasteiger partial charge is 0.335 e. The van der Waals surface area contributed by atoms with E-state index in [4.69, 9.17) is 5.26 Å². The average molecular weight is 273 g/mol. The van der Waals surface area contributed by atoms with Crippen molar-refractivity contribution in [2.45, 2.75) is 0 Å². The van der Waals surface area contributed by atoms with E-state index in [0.717, 1.165) is 13.1 Å². The van der Waals surface area contributed by atoms with E-state index in [1.807, 2.05) is 13.1 Å². The lowest BCUT2D eigenvalue weighted by molar-refractivity contribution is -0.128. The fourth-order valence-corrected chi connectivity index (χ4v) is 2.05. The first-order chi connectivity index (χ1) is 9.60. The Kier molecular flexibility index (Phi) is 4.49. The molecular weight excluding hydrogens is 257 g/mol. The summed E-state index contributed by atoms with van der Waals surface area (Å²) in [6.07, 6.45) is 1.50. The third-order valence-electron chi connectivity index (χ3n) is 3.32. The molecule has 1 amide bonds. The minimum absolute atomic E-state index is 0.0844. The average Bonchev–Trinajstić information content (AvgIpc) is 2.47. The van der Waals surface area contributed by atoms with Crippen molar-refractivity contribution in [1.82, 2.24) is 9.80 Å². The minimum Gasteiger partial charge on any atom is -0.335 e. The van der Waals surface area contributed by atoms with E-state index in [0.29, 0.717) is 18.7 Å². The number of carbonyl (C=O) groups excluding carboxylic acids is 1. The van der Waals surface area contributed by atoms with E-state index in [1.165, 1.54) is 18.2 Å². The van der Waals surface area contributed by atoms with E-state index in [-0.39, 0.29) is 17.3 Å². The molecule has 2 rings (SSSR count). The van der Waals surface area contributed by atoms with Crippen LogP contribution in [0, 0.1) is 17.1 Å². The number of hydrogen-bond donors (Lipinski definition) is 0. The fraction of sp³-hybridized carbons (Fsp3) is 0.333. The Morgan fingerprint density at radius 2 is 1.85 bits per heavy atom. The summed E-state index contributed by atoms with van der Waals surface area (Å²) >= 11 is 0. The van der Waals surface area contributed by atoms with Crippen molar-refractivity contribution in [1.29, 1.82) is 5.26 Å². The first-order valence-corrected chi connectivity index (χ1v) is 6.45. The second kappa shape index (κ2) is 6.31. The Bertz CT molecular complexity index is 551. The molecule has 1 aliphatic heterocycles. The van der Waals surface area contributed by atoms with Crippen LogP contribution in [0.1, 0.15) is 5.56 Å². The highest BCUT2D eigenvalue weighted by Gasteiger charge is 2.21. The van der Waals surface area contributed by atoms with Gasteiger partial charge in [-0.1, -0.05) is 12.1 Å². The SMILES string of the molecule is CN1CCN(C(=O)/C(C#N)=C/c2ccc(F)cc2)CC1. The lowest BCUT2D eigenvalue weighted by Crippen LogP contribution is -2.47. The number of halogens is 1. The van der Waals surface area contributed by atoms with Gasteiger partial charge in [0, 0.05) is 26.2 Å². The molecule has 1 aromatic carbocycles. The van der Waals surface area contributed by atoms with Crippen LogP contribution in [0.5, 0.6) is 0 Å². The van der Waals surface area contributed by atoms with Gasteiger partial charge in [-0.25, -0.2) is 4.39 Å². The summed E-state index contributed by atoms with van der Waals surface area (Å²) in [5.41, 5.74) is 0.728. The standard InChI is InChI=1S/C15H16FN3O/c1-18-6-8-19(9-7-18)15(20)13(11-17)10-12-2-4-14(16)5-3-12/h2-5,10H,6-9H2,1H3/b13-10+. The number of carbonyl (C=O) groups is 1. The third-order valence-corrected chi connectivity index (χ3v) is 3.32. The zero-order valence-electron chi connectivity index (χ0n) is 11.3. The Morgan fingerprint density at radius 3 is 2.40 bits per heavy atom. The highest BCUT2D eigenvalue weighted by molar-refractivity contribution is 6.01. The summed E-state index contributed by atoms with van der Waals surface area (Å²) in [6.45, 7) is 2.86.